The van der Waals surface area contributed by atoms with Gasteiger partial charge in [0.05, 0.1) is 6.42 Å². The van der Waals surface area contributed by atoms with Crippen molar-refractivity contribution in [3.63, 3.8) is 0 Å². The number of hydrogen-bond acceptors (Lipinski definition) is 4. The van der Waals surface area contributed by atoms with Gasteiger partial charge in [-0.3, -0.25) is 19.3 Å². The third-order valence-corrected chi connectivity index (χ3v) is 3.67. The van der Waals surface area contributed by atoms with Crippen LogP contribution in [0.1, 0.15) is 16.8 Å². The largest absolute Gasteiger partial charge is 0.398 e. The van der Waals surface area contributed by atoms with E-state index in [4.69, 9.17) is 5.73 Å². The van der Waals surface area contributed by atoms with E-state index >= 15 is 0 Å². The number of nitrogens with zero attached hydrogens (tertiary/aromatic N) is 1. The maximum Gasteiger partial charge on any atom is 0.252 e. The molecule has 1 fully saturated rings. The van der Waals surface area contributed by atoms with Crippen molar-refractivity contribution >= 4 is 39.3 Å². The van der Waals surface area contributed by atoms with E-state index in [9.17, 15) is 14.4 Å². The topological polar surface area (TPSA) is 92.5 Å². The second-order valence-electron chi connectivity index (χ2n) is 4.26. The highest BCUT2D eigenvalue weighted by Crippen LogP contribution is 2.20. The quantitative estimate of drug-likeness (QED) is 0.612. The average molecular weight is 326 g/mol. The van der Waals surface area contributed by atoms with Crippen molar-refractivity contribution in [1.29, 1.82) is 0 Å². The Kier molecular flexibility index (Phi) is 3.57. The Morgan fingerprint density at radius 2 is 2.16 bits per heavy atom. The molecule has 1 aliphatic rings. The number of imide groups is 1. The lowest BCUT2D eigenvalue weighted by atomic mass is 10.1. The number of carbonyl (C=O) groups is 3. The van der Waals surface area contributed by atoms with E-state index in [1.165, 1.54) is 13.1 Å². The van der Waals surface area contributed by atoms with Crippen LogP contribution in [0.3, 0.4) is 0 Å². The van der Waals surface area contributed by atoms with Crippen molar-refractivity contribution in [2.24, 2.45) is 0 Å². The molecular weight excluding hydrogens is 314 g/mol. The molecule has 3 N–H and O–H groups in total. The Labute approximate surface area is 118 Å². The van der Waals surface area contributed by atoms with Crippen LogP contribution in [0.5, 0.6) is 0 Å². The van der Waals surface area contributed by atoms with Crippen LogP contribution in [0, 0.1) is 0 Å². The Bertz CT molecular complexity index is 573. The minimum Gasteiger partial charge on any atom is -0.398 e. The number of likely N-dealkylation sites (N-methyl/N-ethyl adjacent to an activating group) is 1. The average Bonchev–Trinajstić information content (AvgIpc) is 2.60. The summed E-state index contributed by atoms with van der Waals surface area (Å²) in [6.45, 7) is 0. The standard InChI is InChI=1S/C12H12BrN3O3/c1-16-10(17)5-9(12(16)19)15-11(18)6-2-3-7(13)8(14)4-6/h2-4,9H,5,14H2,1H3,(H,15,18). The molecule has 0 saturated carbocycles. The van der Waals surface area contributed by atoms with Crippen LogP contribution in [-0.2, 0) is 9.59 Å². The SMILES string of the molecule is CN1C(=O)CC(NC(=O)c2ccc(Br)c(N)c2)C1=O. The first-order chi connectivity index (χ1) is 8.90. The van der Waals surface area contributed by atoms with Crippen LogP contribution >= 0.6 is 15.9 Å². The summed E-state index contributed by atoms with van der Waals surface area (Å²) in [4.78, 5) is 36.0. The summed E-state index contributed by atoms with van der Waals surface area (Å²) < 4.78 is 0.691. The lowest BCUT2D eigenvalue weighted by molar-refractivity contribution is -0.137. The van der Waals surface area contributed by atoms with Crippen LogP contribution in [0.15, 0.2) is 22.7 Å². The molecule has 0 bridgehead atoms. The van der Waals surface area contributed by atoms with Crippen molar-refractivity contribution in [3.05, 3.63) is 28.2 Å². The maximum absolute atomic E-state index is 12.0. The molecule has 1 aliphatic heterocycles. The highest BCUT2D eigenvalue weighted by Gasteiger charge is 2.37. The van der Waals surface area contributed by atoms with E-state index < -0.39 is 17.9 Å². The smallest absolute Gasteiger partial charge is 0.252 e. The lowest BCUT2D eigenvalue weighted by Gasteiger charge is -2.11. The Hall–Kier alpha value is -1.89. The van der Waals surface area contributed by atoms with E-state index in [2.05, 4.69) is 21.2 Å². The maximum atomic E-state index is 12.0. The van der Waals surface area contributed by atoms with Gasteiger partial charge in [0.25, 0.3) is 11.8 Å². The van der Waals surface area contributed by atoms with Crippen LogP contribution in [-0.4, -0.2) is 35.7 Å². The minimum absolute atomic E-state index is 0.00686. The Balaban J connectivity index is 2.11. The van der Waals surface area contributed by atoms with Gasteiger partial charge in [0, 0.05) is 22.8 Å². The molecule has 19 heavy (non-hydrogen) atoms. The highest BCUT2D eigenvalue weighted by atomic mass is 79.9. The fourth-order valence-corrected chi connectivity index (χ4v) is 2.04. The van der Waals surface area contributed by atoms with Gasteiger partial charge in [0.2, 0.25) is 5.91 Å². The van der Waals surface area contributed by atoms with Crippen LogP contribution < -0.4 is 11.1 Å². The molecule has 0 aromatic heterocycles. The molecule has 1 atom stereocenters. The van der Waals surface area contributed by atoms with Gasteiger partial charge in [-0.1, -0.05) is 0 Å². The fourth-order valence-electron chi connectivity index (χ4n) is 1.79. The van der Waals surface area contributed by atoms with Gasteiger partial charge in [-0.25, -0.2) is 0 Å². The zero-order valence-corrected chi connectivity index (χ0v) is 11.7. The predicted molar refractivity (Wildman–Crippen MR) is 72.2 cm³/mol. The summed E-state index contributed by atoms with van der Waals surface area (Å²) in [5.41, 5.74) is 6.45. The molecule has 1 aromatic carbocycles. The van der Waals surface area contributed by atoms with Crippen molar-refractivity contribution < 1.29 is 14.4 Å². The highest BCUT2D eigenvalue weighted by molar-refractivity contribution is 9.10. The molecule has 6 nitrogen and oxygen atoms in total. The van der Waals surface area contributed by atoms with Crippen molar-refractivity contribution in [2.45, 2.75) is 12.5 Å². The van der Waals surface area contributed by atoms with E-state index in [0.29, 0.717) is 15.7 Å². The zero-order valence-electron chi connectivity index (χ0n) is 10.1. The van der Waals surface area contributed by atoms with Crippen LogP contribution in [0.4, 0.5) is 5.69 Å². The van der Waals surface area contributed by atoms with Gasteiger partial charge in [0.1, 0.15) is 6.04 Å². The van der Waals surface area contributed by atoms with Gasteiger partial charge in [-0.15, -0.1) is 0 Å². The van der Waals surface area contributed by atoms with Gasteiger partial charge in [-0.05, 0) is 34.1 Å². The summed E-state index contributed by atoms with van der Waals surface area (Å²) >= 11 is 3.23. The molecule has 0 radical (unpaired) electrons. The van der Waals surface area contributed by atoms with E-state index in [1.54, 1.807) is 12.1 Å². The predicted octanol–water partition coefficient (Wildman–Crippen LogP) is 0.518. The number of nitrogens with two attached hydrogens (primary N) is 1. The van der Waals surface area contributed by atoms with Gasteiger partial charge in [-0.2, -0.15) is 0 Å². The summed E-state index contributed by atoms with van der Waals surface area (Å²) in [5.74, 6) is -1.13. The first-order valence-corrected chi connectivity index (χ1v) is 6.35. The monoisotopic (exact) mass is 325 g/mol. The first kappa shape index (κ1) is 13.5. The van der Waals surface area contributed by atoms with Gasteiger partial charge < -0.3 is 11.1 Å². The van der Waals surface area contributed by atoms with E-state index in [-0.39, 0.29) is 12.3 Å². The summed E-state index contributed by atoms with van der Waals surface area (Å²) in [6.07, 6.45) is -0.00686. The number of benzene rings is 1. The summed E-state index contributed by atoms with van der Waals surface area (Å²) in [6, 6.07) is 3.94. The van der Waals surface area contributed by atoms with Gasteiger partial charge >= 0.3 is 0 Å². The molecule has 7 heteroatoms. The number of amides is 3. The molecule has 1 heterocycles. The molecule has 3 amide bonds. The normalized spacial score (nSPS) is 18.8. The zero-order chi connectivity index (χ0) is 14.2. The second-order valence-corrected chi connectivity index (χ2v) is 5.11. The molecule has 2 rings (SSSR count). The molecule has 0 aliphatic carbocycles. The minimum atomic E-state index is -0.796. The van der Waals surface area contributed by atoms with Crippen LogP contribution in [0.2, 0.25) is 0 Å². The second kappa shape index (κ2) is 5.00. The molecule has 1 unspecified atom stereocenters. The molecule has 1 aromatic rings. The molecule has 0 spiro atoms. The third kappa shape index (κ3) is 2.60. The number of nitrogens with one attached hydrogen (secondary N) is 1. The third-order valence-electron chi connectivity index (χ3n) is 2.95. The molecule has 100 valence electrons. The number of rotatable bonds is 2. The summed E-state index contributed by atoms with van der Waals surface area (Å²) in [5, 5.41) is 2.53. The summed E-state index contributed by atoms with van der Waals surface area (Å²) in [7, 11) is 1.40. The van der Waals surface area contributed by atoms with Crippen molar-refractivity contribution in [2.75, 3.05) is 12.8 Å². The number of hydrogen-bond donors (Lipinski definition) is 2. The number of likely N-dealkylation sites (tertiary alicyclic amines) is 1. The Morgan fingerprint density at radius 1 is 1.47 bits per heavy atom. The van der Waals surface area contributed by atoms with Crippen LogP contribution in [0.25, 0.3) is 0 Å². The fraction of sp³-hybridized carbons (Fsp3) is 0.250. The van der Waals surface area contributed by atoms with Crippen molar-refractivity contribution in [1.82, 2.24) is 10.2 Å². The van der Waals surface area contributed by atoms with E-state index in [1.807, 2.05) is 0 Å². The molecular formula is C12H12BrN3O3. The lowest BCUT2D eigenvalue weighted by Crippen LogP contribution is -2.40. The molecule has 1 saturated heterocycles. The number of nitrogen functional groups attached to an aromatic ring is 1. The van der Waals surface area contributed by atoms with Crippen molar-refractivity contribution in [3.8, 4) is 0 Å². The van der Waals surface area contributed by atoms with Gasteiger partial charge in [0.15, 0.2) is 0 Å². The number of halogens is 1. The number of anilines is 1. The Morgan fingerprint density at radius 3 is 2.68 bits per heavy atom. The number of carbonyl (C=O) groups excluding carboxylic acids is 3. The first-order valence-electron chi connectivity index (χ1n) is 5.56. The van der Waals surface area contributed by atoms with E-state index in [0.717, 1.165) is 4.90 Å².